The molecule has 1 aliphatic heterocycles. The number of hydrogen-bond acceptors (Lipinski definition) is 3. The van der Waals surface area contributed by atoms with Gasteiger partial charge in [-0.1, -0.05) is 17.7 Å². The van der Waals surface area contributed by atoms with Crippen LogP contribution in [-0.4, -0.2) is 50.6 Å². The number of likely N-dealkylation sites (N-methyl/N-ethyl adjacent to an activating group) is 2. The minimum atomic E-state index is 0.0182. The first-order valence-electron chi connectivity index (χ1n) is 6.52. The molecule has 100 valence electrons. The number of nitrogens with zero attached hydrogens (tertiary/aromatic N) is 2. The van der Waals surface area contributed by atoms with Crippen LogP contribution in [0.3, 0.4) is 0 Å². The van der Waals surface area contributed by atoms with Crippen LogP contribution >= 0.6 is 0 Å². The Balaban J connectivity index is 2.47. The zero-order valence-electron chi connectivity index (χ0n) is 12.2. The number of piperazine rings is 1. The minimum Gasteiger partial charge on any atom is -0.496 e. The number of methoxy groups -OCH3 is 1. The van der Waals surface area contributed by atoms with Crippen molar-refractivity contribution < 1.29 is 4.74 Å². The number of rotatable bonds is 2. The molecule has 0 amide bonds. The second kappa shape index (κ2) is 4.90. The highest BCUT2D eigenvalue weighted by atomic mass is 16.5. The Morgan fingerprint density at radius 1 is 1.22 bits per heavy atom. The van der Waals surface area contributed by atoms with Gasteiger partial charge in [0.1, 0.15) is 5.75 Å². The number of hydrogen-bond donors (Lipinski definition) is 0. The topological polar surface area (TPSA) is 15.7 Å². The van der Waals surface area contributed by atoms with Gasteiger partial charge in [0.15, 0.2) is 0 Å². The molecule has 1 aromatic carbocycles. The van der Waals surface area contributed by atoms with Crippen molar-refractivity contribution in [2.75, 3.05) is 40.8 Å². The maximum atomic E-state index is 5.56. The van der Waals surface area contributed by atoms with E-state index in [1.807, 2.05) is 0 Å². The van der Waals surface area contributed by atoms with Crippen LogP contribution < -0.4 is 4.74 Å². The van der Waals surface area contributed by atoms with Crippen LogP contribution in [0.2, 0.25) is 0 Å². The molecule has 3 heteroatoms. The summed E-state index contributed by atoms with van der Waals surface area (Å²) in [6.07, 6.45) is 0. The van der Waals surface area contributed by atoms with Crippen molar-refractivity contribution in [1.29, 1.82) is 0 Å². The highest BCUT2D eigenvalue weighted by molar-refractivity contribution is 5.42. The van der Waals surface area contributed by atoms with E-state index in [1.165, 1.54) is 11.1 Å². The van der Waals surface area contributed by atoms with Crippen molar-refractivity contribution >= 4 is 0 Å². The van der Waals surface area contributed by atoms with Gasteiger partial charge in [-0.25, -0.2) is 0 Å². The molecule has 1 aliphatic rings. The fourth-order valence-corrected chi connectivity index (χ4v) is 2.83. The van der Waals surface area contributed by atoms with Gasteiger partial charge >= 0.3 is 0 Å². The highest BCUT2D eigenvalue weighted by Crippen LogP contribution is 2.36. The van der Waals surface area contributed by atoms with Gasteiger partial charge in [0.25, 0.3) is 0 Å². The summed E-state index contributed by atoms with van der Waals surface area (Å²) >= 11 is 0. The first-order chi connectivity index (χ1) is 8.47. The average molecular weight is 248 g/mol. The third-order valence-corrected chi connectivity index (χ3v) is 4.17. The van der Waals surface area contributed by atoms with E-state index >= 15 is 0 Å². The van der Waals surface area contributed by atoms with E-state index in [1.54, 1.807) is 7.11 Å². The van der Waals surface area contributed by atoms with Crippen molar-refractivity contribution in [3.63, 3.8) is 0 Å². The zero-order chi connectivity index (χ0) is 13.3. The van der Waals surface area contributed by atoms with Crippen molar-refractivity contribution in [2.24, 2.45) is 0 Å². The summed E-state index contributed by atoms with van der Waals surface area (Å²) < 4.78 is 5.56. The van der Waals surface area contributed by atoms with E-state index in [-0.39, 0.29) is 5.54 Å². The Kier molecular flexibility index (Phi) is 3.64. The fraction of sp³-hybridized carbons (Fsp3) is 0.600. The van der Waals surface area contributed by atoms with Crippen LogP contribution in [0, 0.1) is 6.92 Å². The van der Waals surface area contributed by atoms with E-state index < -0.39 is 0 Å². The van der Waals surface area contributed by atoms with Crippen LogP contribution in [-0.2, 0) is 5.54 Å². The molecular weight excluding hydrogens is 224 g/mol. The van der Waals surface area contributed by atoms with Gasteiger partial charge in [-0.3, -0.25) is 4.90 Å². The molecule has 1 heterocycles. The molecule has 0 spiro atoms. The molecule has 1 saturated heterocycles. The molecule has 0 radical (unpaired) electrons. The lowest BCUT2D eigenvalue weighted by molar-refractivity contribution is 0.0362. The molecule has 18 heavy (non-hydrogen) atoms. The predicted molar refractivity (Wildman–Crippen MR) is 75.2 cm³/mol. The van der Waals surface area contributed by atoms with E-state index in [9.17, 15) is 0 Å². The van der Waals surface area contributed by atoms with Crippen molar-refractivity contribution in [2.45, 2.75) is 19.4 Å². The van der Waals surface area contributed by atoms with Crippen molar-refractivity contribution in [3.8, 4) is 5.75 Å². The van der Waals surface area contributed by atoms with Crippen molar-refractivity contribution in [1.82, 2.24) is 9.80 Å². The Morgan fingerprint density at radius 2 is 1.94 bits per heavy atom. The summed E-state index contributed by atoms with van der Waals surface area (Å²) in [4.78, 5) is 4.83. The van der Waals surface area contributed by atoms with E-state index in [0.29, 0.717) is 0 Å². The van der Waals surface area contributed by atoms with Gasteiger partial charge in [-0.15, -0.1) is 0 Å². The van der Waals surface area contributed by atoms with Crippen LogP contribution in [0.4, 0.5) is 0 Å². The van der Waals surface area contributed by atoms with Crippen LogP contribution in [0.5, 0.6) is 5.75 Å². The molecule has 1 atom stereocenters. The number of ether oxygens (including phenoxy) is 1. The summed E-state index contributed by atoms with van der Waals surface area (Å²) in [5.74, 6) is 0.991. The van der Waals surface area contributed by atoms with Gasteiger partial charge in [-0.05, 0) is 34.0 Å². The lowest BCUT2D eigenvalue weighted by Crippen LogP contribution is -2.56. The Hall–Kier alpha value is -1.06. The highest BCUT2D eigenvalue weighted by Gasteiger charge is 2.37. The van der Waals surface area contributed by atoms with Crippen molar-refractivity contribution in [3.05, 3.63) is 29.3 Å². The Morgan fingerprint density at radius 3 is 2.61 bits per heavy atom. The first kappa shape index (κ1) is 13.4. The Labute approximate surface area is 110 Å². The van der Waals surface area contributed by atoms with Gasteiger partial charge in [0.2, 0.25) is 0 Å². The quantitative estimate of drug-likeness (QED) is 0.797. The standard InChI is InChI=1S/C15H24N2O/c1-12-6-7-14(18-5)13(10-12)15(2)11-16(3)8-9-17(15)4/h6-7,10H,8-9,11H2,1-5H3. The third-order valence-electron chi connectivity index (χ3n) is 4.17. The van der Waals surface area contributed by atoms with Gasteiger partial charge < -0.3 is 9.64 Å². The second-order valence-corrected chi connectivity index (χ2v) is 5.64. The summed E-state index contributed by atoms with van der Waals surface area (Å²) in [6, 6.07) is 6.45. The maximum absolute atomic E-state index is 5.56. The molecular formula is C15H24N2O. The van der Waals surface area contributed by atoms with E-state index in [2.05, 4.69) is 55.9 Å². The van der Waals surface area contributed by atoms with Crippen LogP contribution in [0.1, 0.15) is 18.1 Å². The smallest absolute Gasteiger partial charge is 0.123 e. The largest absolute Gasteiger partial charge is 0.496 e. The molecule has 0 aromatic heterocycles. The molecule has 1 fully saturated rings. The Bertz CT molecular complexity index is 433. The number of benzene rings is 1. The predicted octanol–water partition coefficient (Wildman–Crippen LogP) is 2.10. The summed E-state index contributed by atoms with van der Waals surface area (Å²) in [6.45, 7) is 7.69. The van der Waals surface area contributed by atoms with Gasteiger partial charge in [0.05, 0.1) is 12.6 Å². The SMILES string of the molecule is COc1ccc(C)cc1C1(C)CN(C)CCN1C. The van der Waals surface area contributed by atoms with E-state index in [0.717, 1.165) is 25.4 Å². The molecule has 0 aliphatic carbocycles. The first-order valence-corrected chi connectivity index (χ1v) is 6.52. The van der Waals surface area contributed by atoms with Gasteiger partial charge in [0, 0.05) is 25.2 Å². The van der Waals surface area contributed by atoms with Crippen LogP contribution in [0.25, 0.3) is 0 Å². The van der Waals surface area contributed by atoms with Crippen LogP contribution in [0.15, 0.2) is 18.2 Å². The normalized spacial score (nSPS) is 26.3. The number of aryl methyl sites for hydroxylation is 1. The van der Waals surface area contributed by atoms with Gasteiger partial charge in [-0.2, -0.15) is 0 Å². The molecule has 0 saturated carbocycles. The average Bonchev–Trinajstić information content (AvgIpc) is 2.34. The van der Waals surface area contributed by atoms with E-state index in [4.69, 9.17) is 4.74 Å². The summed E-state index contributed by atoms with van der Waals surface area (Å²) in [5.41, 5.74) is 2.59. The molecule has 0 bridgehead atoms. The molecule has 3 nitrogen and oxygen atoms in total. The molecule has 1 aromatic rings. The maximum Gasteiger partial charge on any atom is 0.123 e. The second-order valence-electron chi connectivity index (χ2n) is 5.64. The summed E-state index contributed by atoms with van der Waals surface area (Å²) in [5, 5.41) is 0. The third kappa shape index (κ3) is 2.25. The zero-order valence-corrected chi connectivity index (χ0v) is 12.2. The lowest BCUT2D eigenvalue weighted by atomic mass is 9.86. The molecule has 2 rings (SSSR count). The molecule has 1 unspecified atom stereocenters. The minimum absolute atomic E-state index is 0.0182. The lowest BCUT2D eigenvalue weighted by Gasteiger charge is -2.47. The fourth-order valence-electron chi connectivity index (χ4n) is 2.83. The molecule has 0 N–H and O–H groups in total. The summed E-state index contributed by atoms with van der Waals surface area (Å²) in [7, 11) is 6.15. The monoisotopic (exact) mass is 248 g/mol.